The van der Waals surface area contributed by atoms with Gasteiger partial charge < -0.3 is 29.4 Å². The molecule has 8 nitrogen and oxygen atoms in total. The van der Waals surface area contributed by atoms with Crippen molar-refractivity contribution < 1.29 is 33.6 Å². The van der Waals surface area contributed by atoms with Crippen LogP contribution >= 0.6 is 11.6 Å². The average molecular weight is 610 g/mol. The molecule has 1 aromatic carbocycles. The second-order valence-electron chi connectivity index (χ2n) is 13.6. The minimum absolute atomic E-state index is 0.121. The van der Waals surface area contributed by atoms with Crippen LogP contribution < -0.4 is 14.8 Å². The molecule has 0 unspecified atom stereocenters. The van der Waals surface area contributed by atoms with Crippen molar-refractivity contribution >= 4 is 23.7 Å². The van der Waals surface area contributed by atoms with Gasteiger partial charge in [-0.05, 0) is 100 Å². The molecule has 0 saturated heterocycles. The third-order valence-corrected chi connectivity index (χ3v) is 10.0. The number of aliphatic hydroxyl groups is 1. The van der Waals surface area contributed by atoms with E-state index in [-0.39, 0.29) is 34.7 Å². The molecule has 238 valence electrons. The molecule has 2 fully saturated rings. The number of unbranched alkanes of at least 4 members (excludes halogenated alkanes) is 2. The molecule has 2 aliphatic rings. The van der Waals surface area contributed by atoms with Crippen LogP contribution in [0.25, 0.3) is 0 Å². The highest BCUT2D eigenvalue weighted by Crippen LogP contribution is 2.61. The van der Waals surface area contributed by atoms with Crippen LogP contribution in [0.3, 0.4) is 0 Å². The van der Waals surface area contributed by atoms with Gasteiger partial charge in [0, 0.05) is 19.0 Å². The number of hydrogen-bond acceptors (Lipinski definition) is 7. The smallest absolute Gasteiger partial charge is 0.407 e. The fourth-order valence-electron chi connectivity index (χ4n) is 7.25. The summed E-state index contributed by atoms with van der Waals surface area (Å²) >= 11 is 6.83. The summed E-state index contributed by atoms with van der Waals surface area (Å²) in [7, 11) is 3.23. The topological polar surface area (TPSA) is 103 Å². The Morgan fingerprint density at radius 1 is 1.07 bits per heavy atom. The molecule has 9 heteroatoms. The first-order valence-corrected chi connectivity index (χ1v) is 15.8. The van der Waals surface area contributed by atoms with Crippen LogP contribution in [-0.2, 0) is 20.7 Å². The molecule has 5 atom stereocenters. The zero-order chi connectivity index (χ0) is 31.1. The number of fused-ring (bicyclic) bond motifs is 1. The van der Waals surface area contributed by atoms with Crippen molar-refractivity contribution in [3.63, 3.8) is 0 Å². The molecule has 2 aliphatic carbocycles. The van der Waals surface area contributed by atoms with E-state index in [1.807, 2.05) is 26.8 Å². The van der Waals surface area contributed by atoms with E-state index in [2.05, 4.69) is 19.2 Å². The lowest BCUT2D eigenvalue weighted by Gasteiger charge is -2.60. The summed E-state index contributed by atoms with van der Waals surface area (Å²) in [5.74, 6) is 1.42. The second kappa shape index (κ2) is 14.5. The van der Waals surface area contributed by atoms with Crippen LogP contribution in [0.5, 0.6) is 11.5 Å². The van der Waals surface area contributed by atoms with Crippen molar-refractivity contribution in [3.05, 3.63) is 22.7 Å². The van der Waals surface area contributed by atoms with E-state index >= 15 is 0 Å². The number of ether oxygens (including phenoxy) is 4. The first-order valence-electron chi connectivity index (χ1n) is 15.4. The van der Waals surface area contributed by atoms with Crippen LogP contribution in [0.1, 0.15) is 98.0 Å². The number of nitrogens with one attached hydrogen (secondary N) is 1. The Morgan fingerprint density at radius 2 is 1.81 bits per heavy atom. The van der Waals surface area contributed by atoms with Crippen molar-refractivity contribution in [1.82, 2.24) is 5.32 Å². The molecule has 0 radical (unpaired) electrons. The number of aliphatic hydroxyl groups excluding tert-OH is 1. The van der Waals surface area contributed by atoms with E-state index in [9.17, 15) is 14.7 Å². The predicted octanol–water partition coefficient (Wildman–Crippen LogP) is 7.11. The number of carbonyl (C=O) groups is 2. The fourth-order valence-corrected chi connectivity index (χ4v) is 7.50. The molecular formula is C33H52ClNO7. The third-order valence-electron chi connectivity index (χ3n) is 9.57. The summed E-state index contributed by atoms with van der Waals surface area (Å²) in [6.45, 7) is 10.9. The minimum Gasteiger partial charge on any atom is -0.497 e. The summed E-state index contributed by atoms with van der Waals surface area (Å²) in [6.07, 6.45) is 7.08. The summed E-state index contributed by atoms with van der Waals surface area (Å²) in [5, 5.41) is 14.5. The van der Waals surface area contributed by atoms with Crippen LogP contribution in [0.2, 0.25) is 5.02 Å². The number of hydrogen-bond donors (Lipinski definition) is 2. The highest BCUT2D eigenvalue weighted by molar-refractivity contribution is 6.32. The Labute approximate surface area is 257 Å². The zero-order valence-corrected chi connectivity index (χ0v) is 27.4. The molecule has 0 heterocycles. The number of carbonyl (C=O) groups excluding carboxylic acids is 2. The minimum atomic E-state index is -0.523. The lowest BCUT2D eigenvalue weighted by molar-refractivity contribution is -0.165. The van der Waals surface area contributed by atoms with Gasteiger partial charge >= 0.3 is 12.1 Å². The molecule has 3 rings (SSSR count). The van der Waals surface area contributed by atoms with Gasteiger partial charge in [0.2, 0.25) is 0 Å². The van der Waals surface area contributed by atoms with E-state index in [1.54, 1.807) is 20.3 Å². The zero-order valence-electron chi connectivity index (χ0n) is 26.6. The van der Waals surface area contributed by atoms with Crippen LogP contribution in [-0.4, -0.2) is 56.2 Å². The van der Waals surface area contributed by atoms with Gasteiger partial charge in [-0.2, -0.15) is 0 Å². The monoisotopic (exact) mass is 609 g/mol. The van der Waals surface area contributed by atoms with Gasteiger partial charge in [-0.3, -0.25) is 4.79 Å². The van der Waals surface area contributed by atoms with E-state index in [4.69, 9.17) is 30.5 Å². The summed E-state index contributed by atoms with van der Waals surface area (Å²) in [6, 6.07) is 3.76. The highest BCUT2D eigenvalue weighted by Gasteiger charge is 2.57. The lowest BCUT2D eigenvalue weighted by Crippen LogP contribution is -2.57. The summed E-state index contributed by atoms with van der Waals surface area (Å²) < 4.78 is 22.2. The molecule has 42 heavy (non-hydrogen) atoms. The number of amides is 1. The van der Waals surface area contributed by atoms with Gasteiger partial charge in [0.1, 0.15) is 17.1 Å². The maximum atomic E-state index is 12.8. The molecule has 1 aromatic rings. The Hall–Kier alpha value is -2.19. The quantitative estimate of drug-likeness (QED) is 0.192. The molecule has 0 spiro atoms. The van der Waals surface area contributed by atoms with Crippen molar-refractivity contribution in [2.24, 2.45) is 22.7 Å². The molecule has 0 aromatic heterocycles. The number of methoxy groups -OCH3 is 2. The first-order chi connectivity index (χ1) is 19.7. The highest BCUT2D eigenvalue weighted by atomic mass is 35.5. The predicted molar refractivity (Wildman–Crippen MR) is 164 cm³/mol. The molecule has 0 bridgehead atoms. The average Bonchev–Trinajstić information content (AvgIpc) is 2.91. The van der Waals surface area contributed by atoms with Crippen molar-refractivity contribution in [2.75, 3.05) is 27.4 Å². The molecule has 2 N–H and O–H groups in total. The molecule has 0 aliphatic heterocycles. The number of esters is 1. The third kappa shape index (κ3) is 8.46. The SMILES string of the molecule is COc1cc(C[C@]2(C)[C@@H](COC(=O)CCCCCNC(=O)OC(C)(C)C)CC[C@@]3(C)[C@H]2CCC[C@@H]3O)c(Cl)c(OC)c1. The van der Waals surface area contributed by atoms with Gasteiger partial charge in [-0.1, -0.05) is 38.3 Å². The fraction of sp³-hybridized carbons (Fsp3) is 0.758. The number of rotatable bonds is 12. The van der Waals surface area contributed by atoms with Gasteiger partial charge in [0.15, 0.2) is 0 Å². The van der Waals surface area contributed by atoms with Gasteiger partial charge in [-0.15, -0.1) is 0 Å². The Morgan fingerprint density at radius 3 is 2.48 bits per heavy atom. The van der Waals surface area contributed by atoms with Crippen molar-refractivity contribution in [3.8, 4) is 11.5 Å². The van der Waals surface area contributed by atoms with E-state index in [1.165, 1.54) is 0 Å². The first kappa shape index (κ1) is 34.3. The maximum Gasteiger partial charge on any atom is 0.407 e. The van der Waals surface area contributed by atoms with Crippen LogP contribution in [0.15, 0.2) is 12.1 Å². The van der Waals surface area contributed by atoms with E-state index in [0.717, 1.165) is 50.5 Å². The second-order valence-corrected chi connectivity index (χ2v) is 14.0. The van der Waals surface area contributed by atoms with Gasteiger partial charge in [0.05, 0.1) is 32.0 Å². The van der Waals surface area contributed by atoms with Crippen LogP contribution in [0.4, 0.5) is 4.79 Å². The number of halogens is 1. The largest absolute Gasteiger partial charge is 0.497 e. The number of alkyl carbamates (subject to hydrolysis) is 1. The molecule has 1 amide bonds. The van der Waals surface area contributed by atoms with Crippen molar-refractivity contribution in [2.45, 2.75) is 111 Å². The molecular weight excluding hydrogens is 558 g/mol. The van der Waals surface area contributed by atoms with E-state index in [0.29, 0.717) is 48.9 Å². The maximum absolute atomic E-state index is 12.8. The Balaban J connectivity index is 1.64. The van der Waals surface area contributed by atoms with Crippen LogP contribution in [0, 0.1) is 22.7 Å². The lowest BCUT2D eigenvalue weighted by atomic mass is 9.46. The van der Waals surface area contributed by atoms with Gasteiger partial charge in [0.25, 0.3) is 0 Å². The Kier molecular flexibility index (Phi) is 11.9. The van der Waals surface area contributed by atoms with E-state index < -0.39 is 11.7 Å². The van der Waals surface area contributed by atoms with Gasteiger partial charge in [-0.25, -0.2) is 4.79 Å². The van der Waals surface area contributed by atoms with Crippen molar-refractivity contribution in [1.29, 1.82) is 0 Å². The normalized spacial score (nSPS) is 27.5. The standard InChI is InChI=1S/C33H52ClNO7/c1-31(2,3)42-30(38)35-17-10-8-9-14-28(37)41-21-23-15-16-32(4)26(12-11-13-27(32)36)33(23,5)20-22-18-24(39-6)19-25(40-7)29(22)34/h18-19,23,26-27,36H,8-17,20-21H2,1-7H3,(H,35,38)/t23-,26-,27+,32+,33-/m1/s1. The summed E-state index contributed by atoms with van der Waals surface area (Å²) in [5.41, 5.74) is -0.0413. The molecule has 2 saturated carbocycles. The Bertz CT molecular complexity index is 1070. The number of benzene rings is 1. The summed E-state index contributed by atoms with van der Waals surface area (Å²) in [4.78, 5) is 24.5.